The van der Waals surface area contributed by atoms with Crippen LogP contribution in [0.2, 0.25) is 0 Å². The van der Waals surface area contributed by atoms with E-state index in [1.54, 1.807) is 12.1 Å². The van der Waals surface area contributed by atoms with E-state index in [9.17, 15) is 4.39 Å². The lowest BCUT2D eigenvalue weighted by molar-refractivity contribution is -0.0164. The van der Waals surface area contributed by atoms with Crippen molar-refractivity contribution in [3.05, 3.63) is 35.9 Å². The Morgan fingerprint density at radius 1 is 1.31 bits per heavy atom. The number of anilines is 1. The van der Waals surface area contributed by atoms with Gasteiger partial charge in [0.15, 0.2) is 6.23 Å². The van der Waals surface area contributed by atoms with Crippen LogP contribution in [-0.4, -0.2) is 30.9 Å². The highest BCUT2D eigenvalue weighted by Gasteiger charge is 2.32. The highest BCUT2D eigenvalue weighted by atomic mass is 32.2. The Kier molecular flexibility index (Phi) is 5.05. The third-order valence-corrected chi connectivity index (χ3v) is 4.97. The number of hydrazine groups is 1. The number of benzene rings is 1. The van der Waals surface area contributed by atoms with Gasteiger partial charge in [0.1, 0.15) is 11.6 Å². The van der Waals surface area contributed by atoms with E-state index in [2.05, 4.69) is 16.2 Å². The molecule has 2 aliphatic heterocycles. The molecule has 140 valence electrons. The molecular weight excluding hydrogens is 359 g/mol. The first-order valence-corrected chi connectivity index (χ1v) is 9.08. The van der Waals surface area contributed by atoms with Gasteiger partial charge < -0.3 is 24.2 Å². The van der Waals surface area contributed by atoms with Crippen molar-refractivity contribution >= 4 is 18.0 Å². The van der Waals surface area contributed by atoms with E-state index in [4.69, 9.17) is 13.1 Å². The molecule has 2 aromatic rings. The van der Waals surface area contributed by atoms with Gasteiger partial charge in [-0.1, -0.05) is 0 Å². The van der Waals surface area contributed by atoms with Crippen LogP contribution in [0.3, 0.4) is 0 Å². The molecule has 0 radical (unpaired) electrons. The zero-order chi connectivity index (χ0) is 18.1. The average molecular weight is 380 g/mol. The lowest BCUT2D eigenvalue weighted by Gasteiger charge is -2.18. The highest BCUT2D eigenvalue weighted by molar-refractivity contribution is 7.90. The van der Waals surface area contributed by atoms with E-state index in [0.29, 0.717) is 11.3 Å². The summed E-state index contributed by atoms with van der Waals surface area (Å²) in [6.45, 7) is 1.82. The molecule has 2 atom stereocenters. The Labute approximate surface area is 155 Å². The van der Waals surface area contributed by atoms with E-state index in [1.807, 2.05) is 17.8 Å². The maximum Gasteiger partial charge on any atom is 0.225 e. The summed E-state index contributed by atoms with van der Waals surface area (Å²) >= 11 is 0.796. The number of nitrogens with one attached hydrogen (secondary N) is 3. The summed E-state index contributed by atoms with van der Waals surface area (Å²) in [5.41, 5.74) is 9.36. The molecular formula is C17H21FN4O3S. The number of aromatic nitrogens is 1. The molecule has 0 amide bonds. The van der Waals surface area contributed by atoms with E-state index >= 15 is 0 Å². The van der Waals surface area contributed by atoms with E-state index in [0.717, 1.165) is 48.8 Å². The Morgan fingerprint density at radius 2 is 2.19 bits per heavy atom. The number of nitrogens with zero attached hydrogens (tertiary/aromatic N) is 1. The van der Waals surface area contributed by atoms with Gasteiger partial charge in [0.05, 0.1) is 24.6 Å². The Bertz CT molecular complexity index is 795. The van der Waals surface area contributed by atoms with Crippen LogP contribution < -0.4 is 20.4 Å². The quantitative estimate of drug-likeness (QED) is 0.666. The maximum absolute atomic E-state index is 14.6. The van der Waals surface area contributed by atoms with Gasteiger partial charge in [-0.05, 0) is 25.1 Å². The van der Waals surface area contributed by atoms with Crippen LogP contribution in [0.25, 0.3) is 11.1 Å². The predicted octanol–water partition coefficient (Wildman–Crippen LogP) is 2.73. The number of hydrogen-bond donors (Lipinski definition) is 3. The summed E-state index contributed by atoms with van der Waals surface area (Å²) in [5.74, 6) is 0.0328. The van der Waals surface area contributed by atoms with Gasteiger partial charge in [-0.2, -0.15) is 0 Å². The van der Waals surface area contributed by atoms with Crippen LogP contribution >= 0.6 is 12.3 Å². The Hall–Kier alpha value is -1.78. The smallest absolute Gasteiger partial charge is 0.225 e. The summed E-state index contributed by atoms with van der Waals surface area (Å²) < 4.78 is 32.7. The van der Waals surface area contributed by atoms with Crippen LogP contribution in [0.15, 0.2) is 24.4 Å². The van der Waals surface area contributed by atoms with Crippen LogP contribution in [0.5, 0.6) is 5.75 Å². The van der Waals surface area contributed by atoms with Gasteiger partial charge in [0.2, 0.25) is 12.3 Å². The van der Waals surface area contributed by atoms with Crippen LogP contribution in [0.1, 0.15) is 18.3 Å². The topological polar surface area (TPSA) is 68.7 Å². The minimum Gasteiger partial charge on any atom is -0.400 e. The van der Waals surface area contributed by atoms with Crippen molar-refractivity contribution in [3.63, 3.8) is 0 Å². The zero-order valence-corrected chi connectivity index (χ0v) is 15.4. The molecule has 0 aliphatic carbocycles. The molecule has 1 aromatic heterocycles. The fourth-order valence-electron chi connectivity index (χ4n) is 3.37. The molecule has 2 aliphatic rings. The number of halogens is 1. The van der Waals surface area contributed by atoms with Gasteiger partial charge in [-0.25, -0.2) is 9.82 Å². The molecule has 3 N–H and O–H groups in total. The molecule has 0 bridgehead atoms. The maximum atomic E-state index is 14.6. The number of hydrogen-bond acceptors (Lipinski definition) is 7. The van der Waals surface area contributed by atoms with Gasteiger partial charge in [0, 0.05) is 37.0 Å². The molecule has 1 aromatic carbocycles. The predicted molar refractivity (Wildman–Crippen MR) is 97.9 cm³/mol. The standard InChI is InChI=1S/C17H21FN4O3S/c1-22-9-13(12-4-3-10(7-14(12)18)25-26-23-2)15-16(22)17(21-20-15)24-11-5-6-19-8-11/h3-4,7,9,11,17,19-21H,5-6,8H2,1-2H3. The summed E-state index contributed by atoms with van der Waals surface area (Å²) in [7, 11) is 3.42. The highest BCUT2D eigenvalue weighted by Crippen LogP contribution is 2.41. The zero-order valence-electron chi connectivity index (χ0n) is 14.5. The van der Waals surface area contributed by atoms with Crippen LogP contribution in [0.4, 0.5) is 10.1 Å². The third kappa shape index (κ3) is 3.28. The van der Waals surface area contributed by atoms with E-state index in [-0.39, 0.29) is 18.1 Å². The van der Waals surface area contributed by atoms with Crippen molar-refractivity contribution in [1.82, 2.24) is 15.3 Å². The number of aryl methyl sites for hydroxylation is 1. The molecule has 2 unspecified atom stereocenters. The van der Waals surface area contributed by atoms with Crippen molar-refractivity contribution in [2.24, 2.45) is 7.05 Å². The first-order valence-electron chi connectivity index (χ1n) is 8.41. The van der Waals surface area contributed by atoms with Crippen molar-refractivity contribution in [2.75, 3.05) is 25.6 Å². The monoisotopic (exact) mass is 380 g/mol. The second-order valence-corrected chi connectivity index (χ2v) is 6.91. The first-order chi connectivity index (χ1) is 12.7. The van der Waals surface area contributed by atoms with Crippen molar-refractivity contribution in [1.29, 1.82) is 0 Å². The van der Waals surface area contributed by atoms with E-state index in [1.165, 1.54) is 13.2 Å². The fourth-order valence-corrected chi connectivity index (χ4v) is 3.62. The molecule has 9 heteroatoms. The normalized spacial score (nSPS) is 21.7. The largest absolute Gasteiger partial charge is 0.400 e. The summed E-state index contributed by atoms with van der Waals surface area (Å²) in [4.78, 5) is 0. The molecule has 26 heavy (non-hydrogen) atoms. The summed E-state index contributed by atoms with van der Waals surface area (Å²) in [6.07, 6.45) is 2.80. The minimum atomic E-state index is -0.362. The van der Waals surface area contributed by atoms with Gasteiger partial charge in [0.25, 0.3) is 0 Å². The number of fused-ring (bicyclic) bond motifs is 1. The molecule has 1 saturated heterocycles. The van der Waals surface area contributed by atoms with Gasteiger partial charge >= 0.3 is 0 Å². The number of ether oxygens (including phenoxy) is 1. The Morgan fingerprint density at radius 3 is 2.92 bits per heavy atom. The summed E-state index contributed by atoms with van der Waals surface area (Å²) in [5, 5.41) is 3.29. The fraction of sp³-hybridized carbons (Fsp3) is 0.412. The van der Waals surface area contributed by atoms with Crippen molar-refractivity contribution < 1.29 is 17.5 Å². The van der Waals surface area contributed by atoms with Gasteiger partial charge in [-0.3, -0.25) is 4.18 Å². The molecule has 4 rings (SSSR count). The molecule has 3 heterocycles. The third-order valence-electron chi connectivity index (χ3n) is 4.58. The molecule has 1 fully saturated rings. The SMILES string of the molecule is COSOc1ccc(-c2cn(C)c3c2NNC3OC2CCNC2)c(F)c1. The Balaban J connectivity index is 1.60. The first kappa shape index (κ1) is 17.6. The second-order valence-electron chi connectivity index (χ2n) is 6.27. The molecule has 7 nitrogen and oxygen atoms in total. The van der Waals surface area contributed by atoms with Crippen molar-refractivity contribution in [2.45, 2.75) is 18.8 Å². The molecule has 0 spiro atoms. The van der Waals surface area contributed by atoms with Crippen LogP contribution in [-0.2, 0) is 16.0 Å². The lowest BCUT2D eigenvalue weighted by Crippen LogP contribution is -2.28. The van der Waals surface area contributed by atoms with Gasteiger partial charge in [-0.15, -0.1) is 0 Å². The van der Waals surface area contributed by atoms with Crippen LogP contribution in [0, 0.1) is 5.82 Å². The minimum absolute atomic E-state index is 0.171. The van der Waals surface area contributed by atoms with E-state index < -0.39 is 0 Å². The lowest BCUT2D eigenvalue weighted by atomic mass is 10.1. The van der Waals surface area contributed by atoms with Crippen molar-refractivity contribution in [3.8, 4) is 16.9 Å². The summed E-state index contributed by atoms with van der Waals surface area (Å²) in [6, 6.07) is 4.76. The molecule has 0 saturated carbocycles. The second kappa shape index (κ2) is 7.45. The number of rotatable bonds is 6. The average Bonchev–Trinajstić information content (AvgIpc) is 3.34.